The molecule has 1 N–H and O–H groups in total. The molecule has 1 atom stereocenters. The van der Waals surface area contributed by atoms with E-state index in [4.69, 9.17) is 9.97 Å². The Morgan fingerprint density at radius 3 is 2.36 bits per heavy atom. The van der Waals surface area contributed by atoms with Crippen LogP contribution >= 0.6 is 0 Å². The second kappa shape index (κ2) is 9.90. The van der Waals surface area contributed by atoms with Crippen LogP contribution in [0.15, 0.2) is 54.6 Å². The second-order valence-corrected chi connectivity index (χ2v) is 8.42. The van der Waals surface area contributed by atoms with E-state index in [-0.39, 0.29) is 30.0 Å². The maximum Gasteiger partial charge on any atom is 0.253 e. The molecule has 0 unspecified atom stereocenters. The van der Waals surface area contributed by atoms with Gasteiger partial charge in [0.1, 0.15) is 11.6 Å². The number of hydrogen-bond donors (Lipinski definition) is 1. The fraction of sp³-hybridized carbons (Fsp3) is 0.308. The minimum atomic E-state index is -0.351. The van der Waals surface area contributed by atoms with Gasteiger partial charge in [-0.3, -0.25) is 9.59 Å². The van der Waals surface area contributed by atoms with Gasteiger partial charge in [-0.1, -0.05) is 18.2 Å². The van der Waals surface area contributed by atoms with Crippen LogP contribution in [0.5, 0.6) is 0 Å². The highest BCUT2D eigenvalue weighted by molar-refractivity contribution is 5.94. The first-order valence-corrected chi connectivity index (χ1v) is 11.1. The van der Waals surface area contributed by atoms with Gasteiger partial charge in [0, 0.05) is 47.2 Å². The zero-order valence-electron chi connectivity index (χ0n) is 18.8. The van der Waals surface area contributed by atoms with Crippen LogP contribution in [0.4, 0.5) is 10.1 Å². The predicted octanol–water partition coefficient (Wildman–Crippen LogP) is 4.43. The Bertz CT molecular complexity index is 1130. The summed E-state index contributed by atoms with van der Waals surface area (Å²) in [5.41, 5.74) is 3.54. The number of carbonyl (C=O) groups is 2. The molecule has 1 aliphatic rings. The second-order valence-electron chi connectivity index (χ2n) is 8.42. The van der Waals surface area contributed by atoms with Crippen molar-refractivity contribution in [3.05, 3.63) is 88.8 Å². The summed E-state index contributed by atoms with van der Waals surface area (Å²) in [6.07, 6.45) is 1.95. The fourth-order valence-electron chi connectivity index (χ4n) is 4.24. The van der Waals surface area contributed by atoms with Crippen LogP contribution in [-0.4, -0.2) is 39.8 Å². The van der Waals surface area contributed by atoms with E-state index in [1.54, 1.807) is 0 Å². The molecule has 2 aromatic carbocycles. The molecule has 1 saturated heterocycles. The minimum Gasteiger partial charge on any atom is -0.338 e. The number of anilines is 1. The Kier molecular flexibility index (Phi) is 6.77. The van der Waals surface area contributed by atoms with Crippen molar-refractivity contribution in [3.8, 4) is 0 Å². The molecule has 4 rings (SSSR count). The molecule has 0 saturated carbocycles. The number of benzene rings is 2. The number of amides is 2. The van der Waals surface area contributed by atoms with Crippen molar-refractivity contribution in [1.82, 2.24) is 14.9 Å². The highest BCUT2D eigenvalue weighted by Gasteiger charge is 2.28. The number of piperidine rings is 1. The average molecular weight is 447 g/mol. The average Bonchev–Trinajstić information content (AvgIpc) is 2.83. The van der Waals surface area contributed by atoms with E-state index < -0.39 is 0 Å². The Hall–Kier alpha value is -3.61. The van der Waals surface area contributed by atoms with E-state index in [2.05, 4.69) is 5.32 Å². The van der Waals surface area contributed by atoms with Crippen LogP contribution < -0.4 is 5.32 Å². The van der Waals surface area contributed by atoms with Crippen LogP contribution in [0.25, 0.3) is 0 Å². The van der Waals surface area contributed by atoms with E-state index in [1.165, 1.54) is 24.3 Å². The Morgan fingerprint density at radius 1 is 1.03 bits per heavy atom. The predicted molar refractivity (Wildman–Crippen MR) is 125 cm³/mol. The number of likely N-dealkylation sites (tertiary alicyclic amines) is 1. The molecule has 2 heterocycles. The number of rotatable bonds is 5. The molecule has 0 bridgehead atoms. The monoisotopic (exact) mass is 446 g/mol. The number of aryl methyl sites for hydroxylation is 2. The summed E-state index contributed by atoms with van der Waals surface area (Å²) in [5, 5.41) is 2.78. The normalized spacial score (nSPS) is 15.8. The molecular weight excluding hydrogens is 419 g/mol. The zero-order valence-corrected chi connectivity index (χ0v) is 18.8. The summed E-state index contributed by atoms with van der Waals surface area (Å²) < 4.78 is 13.1. The largest absolute Gasteiger partial charge is 0.338 e. The lowest BCUT2D eigenvalue weighted by Crippen LogP contribution is -2.39. The molecule has 6 nitrogen and oxygen atoms in total. The Balaban J connectivity index is 1.45. The molecule has 2 amide bonds. The molecule has 1 fully saturated rings. The van der Waals surface area contributed by atoms with Crippen molar-refractivity contribution in [1.29, 1.82) is 0 Å². The smallest absolute Gasteiger partial charge is 0.253 e. The maximum atomic E-state index is 13.1. The van der Waals surface area contributed by atoms with Crippen molar-refractivity contribution in [3.63, 3.8) is 0 Å². The third-order valence-electron chi connectivity index (χ3n) is 6.00. The molecule has 0 radical (unpaired) electrons. The van der Waals surface area contributed by atoms with Crippen molar-refractivity contribution < 1.29 is 14.0 Å². The van der Waals surface area contributed by atoms with Crippen molar-refractivity contribution in [2.45, 2.75) is 39.0 Å². The Morgan fingerprint density at radius 2 is 1.70 bits per heavy atom. The summed E-state index contributed by atoms with van der Waals surface area (Å²) in [4.78, 5) is 36.7. The summed E-state index contributed by atoms with van der Waals surface area (Å²) in [6.45, 7) is 5.07. The molecule has 0 spiro atoms. The van der Waals surface area contributed by atoms with Gasteiger partial charge in [0.25, 0.3) is 5.91 Å². The molecule has 0 aliphatic carbocycles. The van der Waals surface area contributed by atoms with Crippen LogP contribution in [0, 0.1) is 19.7 Å². The van der Waals surface area contributed by atoms with Crippen LogP contribution in [0.3, 0.4) is 0 Å². The van der Waals surface area contributed by atoms with E-state index in [0.29, 0.717) is 17.8 Å². The van der Waals surface area contributed by atoms with E-state index >= 15 is 0 Å². The number of nitrogens with one attached hydrogen (secondary N) is 1. The molecule has 7 heteroatoms. The Labute approximate surface area is 192 Å². The topological polar surface area (TPSA) is 75.2 Å². The first-order valence-electron chi connectivity index (χ1n) is 11.1. The van der Waals surface area contributed by atoms with Gasteiger partial charge in [0.15, 0.2) is 0 Å². The van der Waals surface area contributed by atoms with Crippen molar-refractivity contribution >= 4 is 17.5 Å². The molecule has 170 valence electrons. The van der Waals surface area contributed by atoms with Gasteiger partial charge in [0.05, 0.1) is 6.42 Å². The quantitative estimate of drug-likeness (QED) is 0.629. The van der Waals surface area contributed by atoms with Gasteiger partial charge in [-0.05, 0) is 63.1 Å². The van der Waals surface area contributed by atoms with Crippen LogP contribution in [0.1, 0.15) is 51.9 Å². The van der Waals surface area contributed by atoms with Gasteiger partial charge in [-0.25, -0.2) is 14.4 Å². The number of carbonyl (C=O) groups excluding carboxylic acids is 2. The molecule has 1 aromatic heterocycles. The molecule has 3 aromatic rings. The van der Waals surface area contributed by atoms with Crippen molar-refractivity contribution in [2.24, 2.45) is 0 Å². The third kappa shape index (κ3) is 5.42. The van der Waals surface area contributed by atoms with Gasteiger partial charge in [0.2, 0.25) is 5.91 Å². The summed E-state index contributed by atoms with van der Waals surface area (Å²) in [5.74, 6) is 0.254. The number of hydrogen-bond acceptors (Lipinski definition) is 4. The number of nitrogens with zero attached hydrogens (tertiary/aromatic N) is 3. The van der Waals surface area contributed by atoms with Gasteiger partial charge < -0.3 is 10.2 Å². The van der Waals surface area contributed by atoms with Crippen LogP contribution in [-0.2, 0) is 11.2 Å². The highest BCUT2D eigenvalue weighted by Crippen LogP contribution is 2.27. The van der Waals surface area contributed by atoms with E-state index in [0.717, 1.165) is 42.2 Å². The van der Waals surface area contributed by atoms with E-state index in [1.807, 2.05) is 49.1 Å². The molecular formula is C26H27FN4O2. The van der Waals surface area contributed by atoms with Gasteiger partial charge in [-0.2, -0.15) is 0 Å². The van der Waals surface area contributed by atoms with Crippen LogP contribution in [0.2, 0.25) is 0 Å². The SMILES string of the molecule is Cc1nc([C@H]2CCCN(C(=O)c3ccccc3)C2)nc(C)c1CC(=O)Nc1ccc(F)cc1. The standard InChI is InChI=1S/C26H27FN4O2/c1-17-23(15-24(32)30-22-12-10-21(27)11-13-22)18(2)29-25(28-17)20-9-6-14-31(16-20)26(33)19-7-4-3-5-8-19/h3-5,7-8,10-13,20H,6,9,14-16H2,1-2H3,(H,30,32)/t20-/m0/s1. The summed E-state index contributed by atoms with van der Waals surface area (Å²) in [7, 11) is 0. The summed E-state index contributed by atoms with van der Waals surface area (Å²) >= 11 is 0. The lowest BCUT2D eigenvalue weighted by Gasteiger charge is -2.32. The lowest BCUT2D eigenvalue weighted by molar-refractivity contribution is -0.115. The van der Waals surface area contributed by atoms with Gasteiger partial charge in [-0.15, -0.1) is 0 Å². The number of aromatic nitrogens is 2. The minimum absolute atomic E-state index is 0.0304. The first kappa shape index (κ1) is 22.6. The fourth-order valence-corrected chi connectivity index (χ4v) is 4.24. The molecule has 33 heavy (non-hydrogen) atoms. The van der Waals surface area contributed by atoms with Gasteiger partial charge >= 0.3 is 0 Å². The number of halogens is 1. The van der Waals surface area contributed by atoms with E-state index in [9.17, 15) is 14.0 Å². The highest BCUT2D eigenvalue weighted by atomic mass is 19.1. The molecule has 1 aliphatic heterocycles. The lowest BCUT2D eigenvalue weighted by atomic mass is 9.95. The summed E-state index contributed by atoms with van der Waals surface area (Å²) in [6, 6.07) is 15.0. The maximum absolute atomic E-state index is 13.1. The first-order chi connectivity index (χ1) is 15.9. The third-order valence-corrected chi connectivity index (χ3v) is 6.00. The van der Waals surface area contributed by atoms with Crippen molar-refractivity contribution in [2.75, 3.05) is 18.4 Å². The zero-order chi connectivity index (χ0) is 23.4.